The molecule has 0 amide bonds. The van der Waals surface area contributed by atoms with E-state index in [2.05, 4.69) is 9.47 Å². The number of ether oxygens (including phenoxy) is 2. The van der Waals surface area contributed by atoms with Gasteiger partial charge in [0.2, 0.25) is 0 Å². The van der Waals surface area contributed by atoms with E-state index in [9.17, 15) is 9.59 Å². The Bertz CT molecular complexity index is 185. The van der Waals surface area contributed by atoms with Crippen LogP contribution in [0, 0.1) is 0 Å². The van der Waals surface area contributed by atoms with Gasteiger partial charge < -0.3 is 19.7 Å². The van der Waals surface area contributed by atoms with E-state index >= 15 is 0 Å². The minimum Gasteiger partial charge on any atom is -0.464 e. The maximum absolute atomic E-state index is 10.9. The third-order valence-electron chi connectivity index (χ3n) is 1.36. The third kappa shape index (κ3) is 5.56. The van der Waals surface area contributed by atoms with Crippen LogP contribution in [0.4, 0.5) is 0 Å². The molecule has 15 heavy (non-hydrogen) atoms. The molecule has 0 heterocycles. The number of aliphatic hydroxyl groups excluding tert-OH is 2. The molecule has 0 aromatic heterocycles. The molecule has 2 atom stereocenters. The average molecular weight is 243 g/mol. The number of carbonyl (C=O) groups is 2. The van der Waals surface area contributed by atoms with Crippen LogP contribution >= 0.6 is 12.4 Å². The van der Waals surface area contributed by atoms with Crippen LogP contribution in [0.3, 0.4) is 0 Å². The predicted octanol–water partition coefficient (Wildman–Crippen LogP) is -0.744. The van der Waals surface area contributed by atoms with Crippen molar-refractivity contribution in [3.63, 3.8) is 0 Å². The molecule has 90 valence electrons. The van der Waals surface area contributed by atoms with Gasteiger partial charge in [0.05, 0.1) is 13.2 Å². The second-order valence-corrected chi connectivity index (χ2v) is 2.39. The highest BCUT2D eigenvalue weighted by Gasteiger charge is 2.32. The van der Waals surface area contributed by atoms with Crippen LogP contribution in [0.25, 0.3) is 0 Å². The number of hydrogen-bond acceptors (Lipinski definition) is 6. The Balaban J connectivity index is 0. The smallest absolute Gasteiger partial charge is 0.338 e. The van der Waals surface area contributed by atoms with Gasteiger partial charge in [-0.2, -0.15) is 0 Å². The molecule has 0 rings (SSSR count). The lowest BCUT2D eigenvalue weighted by Crippen LogP contribution is -2.41. The molecule has 0 saturated carbocycles. The Labute approximate surface area is 93.6 Å². The zero-order valence-corrected chi connectivity index (χ0v) is 9.32. The Hall–Kier alpha value is -0.850. The van der Waals surface area contributed by atoms with Crippen LogP contribution in [0.5, 0.6) is 0 Å². The molecule has 0 bridgehead atoms. The molecule has 0 saturated heterocycles. The van der Waals surface area contributed by atoms with Gasteiger partial charge in [0.25, 0.3) is 0 Å². The quantitative estimate of drug-likeness (QED) is 0.617. The minimum absolute atomic E-state index is 0. The van der Waals surface area contributed by atoms with E-state index in [1.807, 2.05) is 0 Å². The first-order chi connectivity index (χ1) is 6.54. The topological polar surface area (TPSA) is 93.1 Å². The van der Waals surface area contributed by atoms with E-state index in [4.69, 9.17) is 10.2 Å². The highest BCUT2D eigenvalue weighted by atomic mass is 35.5. The highest BCUT2D eigenvalue weighted by Crippen LogP contribution is 1.99. The van der Waals surface area contributed by atoms with Crippen LogP contribution < -0.4 is 0 Å². The molecule has 0 spiro atoms. The fourth-order valence-corrected chi connectivity index (χ4v) is 0.713. The molecule has 2 N–H and O–H groups in total. The number of hydrogen-bond donors (Lipinski definition) is 2. The summed E-state index contributed by atoms with van der Waals surface area (Å²) in [7, 11) is 0. The van der Waals surface area contributed by atoms with E-state index in [0.29, 0.717) is 0 Å². The molecule has 0 radical (unpaired) electrons. The summed E-state index contributed by atoms with van der Waals surface area (Å²) in [4.78, 5) is 21.7. The van der Waals surface area contributed by atoms with E-state index in [-0.39, 0.29) is 25.6 Å². The molecular formula is C8H15ClO6. The second-order valence-electron chi connectivity index (χ2n) is 2.39. The van der Waals surface area contributed by atoms with Gasteiger partial charge >= 0.3 is 11.9 Å². The summed E-state index contributed by atoms with van der Waals surface area (Å²) in [5.41, 5.74) is 0. The Morgan fingerprint density at radius 2 is 1.27 bits per heavy atom. The first-order valence-electron chi connectivity index (χ1n) is 4.24. The summed E-state index contributed by atoms with van der Waals surface area (Å²) in [6.45, 7) is 3.21. The molecule has 7 heteroatoms. The summed E-state index contributed by atoms with van der Waals surface area (Å²) in [5.74, 6) is -2.10. The molecule has 0 fully saturated rings. The van der Waals surface area contributed by atoms with Crippen molar-refractivity contribution in [3.05, 3.63) is 0 Å². The lowest BCUT2D eigenvalue weighted by atomic mass is 10.2. The fraction of sp³-hybridized carbons (Fsp3) is 0.750. The van der Waals surface area contributed by atoms with Crippen molar-refractivity contribution in [2.75, 3.05) is 13.2 Å². The molecular weight excluding hydrogens is 228 g/mol. The van der Waals surface area contributed by atoms with E-state index < -0.39 is 24.1 Å². The Morgan fingerprint density at radius 3 is 1.47 bits per heavy atom. The largest absolute Gasteiger partial charge is 0.464 e. The highest BCUT2D eigenvalue weighted by molar-refractivity contribution is 5.85. The van der Waals surface area contributed by atoms with E-state index in [1.54, 1.807) is 13.8 Å². The number of aliphatic hydroxyl groups is 2. The molecule has 2 unspecified atom stereocenters. The predicted molar refractivity (Wildman–Crippen MR) is 52.5 cm³/mol. The van der Waals surface area contributed by atoms with E-state index in [1.165, 1.54) is 0 Å². The monoisotopic (exact) mass is 242 g/mol. The first-order valence-corrected chi connectivity index (χ1v) is 4.24. The lowest BCUT2D eigenvalue weighted by molar-refractivity contribution is -0.172. The van der Waals surface area contributed by atoms with Crippen LogP contribution in [0.15, 0.2) is 0 Å². The van der Waals surface area contributed by atoms with Gasteiger partial charge in [0, 0.05) is 0 Å². The molecule has 0 aliphatic rings. The van der Waals surface area contributed by atoms with Crippen molar-refractivity contribution < 1.29 is 29.3 Å². The van der Waals surface area contributed by atoms with Crippen LogP contribution in [0.2, 0.25) is 0 Å². The zero-order chi connectivity index (χ0) is 11.1. The van der Waals surface area contributed by atoms with Crippen LogP contribution in [0.1, 0.15) is 13.8 Å². The van der Waals surface area contributed by atoms with Crippen molar-refractivity contribution in [1.82, 2.24) is 0 Å². The van der Waals surface area contributed by atoms with Crippen molar-refractivity contribution in [2.24, 2.45) is 0 Å². The first kappa shape index (κ1) is 16.6. The lowest BCUT2D eigenvalue weighted by Gasteiger charge is -2.14. The molecule has 0 aliphatic carbocycles. The van der Waals surface area contributed by atoms with Crippen molar-refractivity contribution >= 4 is 24.3 Å². The van der Waals surface area contributed by atoms with Crippen molar-refractivity contribution in [1.29, 1.82) is 0 Å². The summed E-state index contributed by atoms with van der Waals surface area (Å²) in [6, 6.07) is 0. The fourth-order valence-electron chi connectivity index (χ4n) is 0.713. The molecule has 0 aliphatic heterocycles. The van der Waals surface area contributed by atoms with Crippen molar-refractivity contribution in [2.45, 2.75) is 26.1 Å². The number of carbonyl (C=O) groups excluding carboxylic acids is 2. The van der Waals surface area contributed by atoms with Crippen LogP contribution in [-0.2, 0) is 19.1 Å². The van der Waals surface area contributed by atoms with Gasteiger partial charge in [-0.1, -0.05) is 0 Å². The molecule has 0 aromatic carbocycles. The SMILES string of the molecule is CCOC(=O)C(O)C(O)C(=O)OCC.Cl. The van der Waals surface area contributed by atoms with Crippen molar-refractivity contribution in [3.8, 4) is 0 Å². The standard InChI is InChI=1S/C8H14O6.ClH/c1-3-13-7(11)5(9)6(10)8(12)14-4-2;/h5-6,9-10H,3-4H2,1-2H3;1H. The van der Waals surface area contributed by atoms with Crippen LogP contribution in [-0.4, -0.2) is 47.6 Å². The maximum atomic E-state index is 10.9. The van der Waals surface area contributed by atoms with E-state index in [0.717, 1.165) is 0 Å². The summed E-state index contributed by atoms with van der Waals surface area (Å²) in [5, 5.41) is 18.2. The van der Waals surface area contributed by atoms with Gasteiger partial charge in [-0.3, -0.25) is 0 Å². The number of halogens is 1. The van der Waals surface area contributed by atoms with Gasteiger partial charge in [0.15, 0.2) is 12.2 Å². The number of esters is 2. The van der Waals surface area contributed by atoms with Gasteiger partial charge in [-0.05, 0) is 13.8 Å². The zero-order valence-electron chi connectivity index (χ0n) is 8.50. The number of rotatable bonds is 5. The second kappa shape index (κ2) is 8.46. The summed E-state index contributed by atoms with van der Waals surface area (Å²) in [6.07, 6.45) is -3.79. The normalized spacial score (nSPS) is 13.3. The van der Waals surface area contributed by atoms with Gasteiger partial charge in [0.1, 0.15) is 0 Å². The Morgan fingerprint density at radius 1 is 1.00 bits per heavy atom. The summed E-state index contributed by atoms with van der Waals surface area (Å²) >= 11 is 0. The Kier molecular flexibility index (Phi) is 9.35. The molecule has 6 nitrogen and oxygen atoms in total. The maximum Gasteiger partial charge on any atom is 0.338 e. The van der Waals surface area contributed by atoms with Gasteiger partial charge in [-0.25, -0.2) is 9.59 Å². The molecule has 0 aromatic rings. The minimum atomic E-state index is -1.89. The third-order valence-corrected chi connectivity index (χ3v) is 1.36. The van der Waals surface area contributed by atoms with Gasteiger partial charge in [-0.15, -0.1) is 12.4 Å². The average Bonchev–Trinajstić information content (AvgIpc) is 2.16. The summed E-state index contributed by atoms with van der Waals surface area (Å²) < 4.78 is 8.79.